The van der Waals surface area contributed by atoms with Crippen molar-refractivity contribution in [1.29, 1.82) is 0 Å². The largest absolute Gasteiger partial charge is 0.503 e. The van der Waals surface area contributed by atoms with E-state index in [1.165, 1.54) is 36.8 Å². The first kappa shape index (κ1) is 11.6. The standard InChI is InChI=1S/C10H7N5O3/c16-9-5-11-6-12-10(9)14-13-7-1-3-8(4-2-7)15(17)18/h1-6,16H. The molecule has 8 heteroatoms. The van der Waals surface area contributed by atoms with Crippen LogP contribution in [0.15, 0.2) is 47.0 Å². The Labute approximate surface area is 101 Å². The van der Waals surface area contributed by atoms with Crippen molar-refractivity contribution in [2.45, 2.75) is 0 Å². The lowest BCUT2D eigenvalue weighted by Crippen LogP contribution is -1.85. The molecule has 0 radical (unpaired) electrons. The first-order chi connectivity index (χ1) is 8.66. The van der Waals surface area contributed by atoms with Crippen LogP contribution in [0.1, 0.15) is 0 Å². The lowest BCUT2D eigenvalue weighted by molar-refractivity contribution is -0.384. The van der Waals surface area contributed by atoms with E-state index in [2.05, 4.69) is 20.2 Å². The average Bonchev–Trinajstić information content (AvgIpc) is 2.38. The zero-order valence-electron chi connectivity index (χ0n) is 8.96. The Hall–Kier alpha value is -2.90. The molecule has 0 aliphatic carbocycles. The fourth-order valence-corrected chi connectivity index (χ4v) is 1.14. The Morgan fingerprint density at radius 2 is 1.94 bits per heavy atom. The van der Waals surface area contributed by atoms with Crippen LogP contribution in [-0.2, 0) is 0 Å². The number of aromatic hydroxyl groups is 1. The molecule has 18 heavy (non-hydrogen) atoms. The van der Waals surface area contributed by atoms with E-state index >= 15 is 0 Å². The zero-order chi connectivity index (χ0) is 13.0. The molecular weight excluding hydrogens is 238 g/mol. The number of benzene rings is 1. The summed E-state index contributed by atoms with van der Waals surface area (Å²) >= 11 is 0. The van der Waals surface area contributed by atoms with Gasteiger partial charge in [-0.1, -0.05) is 0 Å². The molecule has 0 spiro atoms. The summed E-state index contributed by atoms with van der Waals surface area (Å²) in [6, 6.07) is 5.52. The van der Waals surface area contributed by atoms with Gasteiger partial charge in [-0.25, -0.2) is 9.97 Å². The maximum absolute atomic E-state index is 10.4. The third-order valence-corrected chi connectivity index (χ3v) is 1.99. The van der Waals surface area contributed by atoms with Crippen molar-refractivity contribution in [2.24, 2.45) is 10.2 Å². The van der Waals surface area contributed by atoms with Crippen molar-refractivity contribution in [1.82, 2.24) is 9.97 Å². The number of rotatable bonds is 3. The van der Waals surface area contributed by atoms with Gasteiger partial charge < -0.3 is 5.11 Å². The highest BCUT2D eigenvalue weighted by atomic mass is 16.6. The molecule has 1 heterocycles. The van der Waals surface area contributed by atoms with Crippen molar-refractivity contribution in [3.8, 4) is 5.75 Å². The molecule has 0 fully saturated rings. The third kappa shape index (κ3) is 2.61. The van der Waals surface area contributed by atoms with E-state index in [1.54, 1.807) is 0 Å². The van der Waals surface area contributed by atoms with Crippen LogP contribution in [0.4, 0.5) is 17.2 Å². The monoisotopic (exact) mass is 245 g/mol. The van der Waals surface area contributed by atoms with Crippen LogP contribution < -0.4 is 0 Å². The van der Waals surface area contributed by atoms with Gasteiger partial charge in [-0.15, -0.1) is 10.2 Å². The summed E-state index contributed by atoms with van der Waals surface area (Å²) < 4.78 is 0. The fourth-order valence-electron chi connectivity index (χ4n) is 1.14. The van der Waals surface area contributed by atoms with E-state index in [4.69, 9.17) is 0 Å². The lowest BCUT2D eigenvalue weighted by Gasteiger charge is -1.94. The molecule has 0 atom stereocenters. The molecule has 1 aromatic heterocycles. The molecule has 1 N–H and O–H groups in total. The van der Waals surface area contributed by atoms with Gasteiger partial charge in [-0.2, -0.15) is 0 Å². The molecule has 90 valence electrons. The second-order valence-electron chi connectivity index (χ2n) is 3.21. The Morgan fingerprint density at radius 1 is 1.22 bits per heavy atom. The molecule has 8 nitrogen and oxygen atoms in total. The third-order valence-electron chi connectivity index (χ3n) is 1.99. The highest BCUT2D eigenvalue weighted by Crippen LogP contribution is 2.24. The first-order valence-corrected chi connectivity index (χ1v) is 4.82. The maximum Gasteiger partial charge on any atom is 0.269 e. The Morgan fingerprint density at radius 3 is 2.56 bits per heavy atom. The highest BCUT2D eigenvalue weighted by Gasteiger charge is 2.04. The second-order valence-corrected chi connectivity index (χ2v) is 3.21. The van der Waals surface area contributed by atoms with E-state index < -0.39 is 4.92 Å². The van der Waals surface area contributed by atoms with Gasteiger partial charge in [0.2, 0.25) is 5.82 Å². The smallest absolute Gasteiger partial charge is 0.269 e. The molecule has 2 rings (SSSR count). The fraction of sp³-hybridized carbons (Fsp3) is 0. The molecule has 0 saturated heterocycles. The number of hydrogen-bond acceptors (Lipinski definition) is 7. The number of azo groups is 1. The van der Waals surface area contributed by atoms with Crippen LogP contribution >= 0.6 is 0 Å². The molecule has 0 bridgehead atoms. The summed E-state index contributed by atoms with van der Waals surface area (Å²) in [5.41, 5.74) is 0.387. The number of nitro groups is 1. The number of hydrogen-bond donors (Lipinski definition) is 1. The molecule has 0 aliphatic rings. The minimum absolute atomic E-state index is 0.0289. The predicted octanol–water partition coefficient (Wildman–Crippen LogP) is 2.51. The SMILES string of the molecule is O=[N+]([O-])c1ccc(N=Nc2ncncc2O)cc1. The predicted molar refractivity (Wildman–Crippen MR) is 61.0 cm³/mol. The first-order valence-electron chi connectivity index (χ1n) is 4.82. The average molecular weight is 245 g/mol. The molecule has 0 amide bonds. The topological polar surface area (TPSA) is 114 Å². The summed E-state index contributed by atoms with van der Waals surface area (Å²) in [5.74, 6) is -0.161. The van der Waals surface area contributed by atoms with Crippen molar-refractivity contribution >= 4 is 17.2 Å². The van der Waals surface area contributed by atoms with Crippen molar-refractivity contribution in [2.75, 3.05) is 0 Å². The van der Waals surface area contributed by atoms with E-state index in [-0.39, 0.29) is 17.3 Å². The number of nitrogens with zero attached hydrogens (tertiary/aromatic N) is 5. The summed E-state index contributed by atoms with van der Waals surface area (Å²) in [7, 11) is 0. The van der Waals surface area contributed by atoms with Crippen LogP contribution in [0.5, 0.6) is 5.75 Å². The maximum atomic E-state index is 10.4. The minimum Gasteiger partial charge on any atom is -0.503 e. The van der Waals surface area contributed by atoms with Crippen LogP contribution in [-0.4, -0.2) is 20.0 Å². The summed E-state index contributed by atoms with van der Waals surface area (Å²) in [4.78, 5) is 17.2. The Kier molecular flexibility index (Phi) is 3.19. The lowest BCUT2D eigenvalue weighted by atomic mass is 10.3. The summed E-state index contributed by atoms with van der Waals surface area (Å²) in [6.07, 6.45) is 2.42. The van der Waals surface area contributed by atoms with Crippen molar-refractivity contribution < 1.29 is 10.0 Å². The normalized spacial score (nSPS) is 10.7. The molecule has 1 aromatic carbocycles. The molecular formula is C10H7N5O3. The van der Waals surface area contributed by atoms with Gasteiger partial charge in [0.25, 0.3) is 5.69 Å². The number of non-ortho nitro benzene ring substituents is 1. The number of aromatic nitrogens is 2. The van der Waals surface area contributed by atoms with E-state index in [9.17, 15) is 15.2 Å². The van der Waals surface area contributed by atoms with Gasteiger partial charge in [0, 0.05) is 12.1 Å². The Bertz CT molecular complexity index is 597. The molecule has 0 unspecified atom stereocenters. The van der Waals surface area contributed by atoms with Gasteiger partial charge in [-0.3, -0.25) is 10.1 Å². The van der Waals surface area contributed by atoms with Crippen LogP contribution in [0, 0.1) is 10.1 Å². The van der Waals surface area contributed by atoms with E-state index in [0.29, 0.717) is 5.69 Å². The van der Waals surface area contributed by atoms with Crippen LogP contribution in [0.3, 0.4) is 0 Å². The Balaban J connectivity index is 2.19. The van der Waals surface area contributed by atoms with Gasteiger partial charge in [0.05, 0.1) is 16.8 Å². The van der Waals surface area contributed by atoms with Gasteiger partial charge in [0.1, 0.15) is 6.33 Å². The molecule has 0 saturated carbocycles. The van der Waals surface area contributed by atoms with Crippen molar-refractivity contribution in [3.05, 3.63) is 46.9 Å². The highest BCUT2D eigenvalue weighted by molar-refractivity contribution is 5.45. The summed E-state index contributed by atoms with van der Waals surface area (Å²) in [5, 5.41) is 27.3. The zero-order valence-corrected chi connectivity index (χ0v) is 8.96. The van der Waals surface area contributed by atoms with Gasteiger partial charge in [-0.05, 0) is 12.1 Å². The van der Waals surface area contributed by atoms with Crippen LogP contribution in [0.2, 0.25) is 0 Å². The van der Waals surface area contributed by atoms with Crippen LogP contribution in [0.25, 0.3) is 0 Å². The quantitative estimate of drug-likeness (QED) is 0.506. The molecule has 0 aliphatic heterocycles. The van der Waals surface area contributed by atoms with E-state index in [1.807, 2.05) is 0 Å². The van der Waals surface area contributed by atoms with E-state index in [0.717, 1.165) is 0 Å². The number of nitro benzene ring substituents is 1. The second kappa shape index (κ2) is 4.95. The minimum atomic E-state index is -0.503. The summed E-state index contributed by atoms with van der Waals surface area (Å²) in [6.45, 7) is 0. The van der Waals surface area contributed by atoms with Gasteiger partial charge >= 0.3 is 0 Å². The molecule has 2 aromatic rings. The van der Waals surface area contributed by atoms with Gasteiger partial charge in [0.15, 0.2) is 5.75 Å². The van der Waals surface area contributed by atoms with Crippen molar-refractivity contribution in [3.63, 3.8) is 0 Å².